The van der Waals surface area contributed by atoms with Gasteiger partial charge in [-0.2, -0.15) is 0 Å². The van der Waals surface area contributed by atoms with E-state index in [1.54, 1.807) is 0 Å². The second kappa shape index (κ2) is 7.72. The second-order valence-electron chi connectivity index (χ2n) is 5.10. The van der Waals surface area contributed by atoms with E-state index in [-0.39, 0.29) is 24.5 Å². The molecule has 0 radical (unpaired) electrons. The molecule has 0 spiro atoms. The Bertz CT molecular complexity index is 438. The van der Waals surface area contributed by atoms with Gasteiger partial charge in [0.1, 0.15) is 11.8 Å². The molecule has 0 aromatic heterocycles. The van der Waals surface area contributed by atoms with Crippen LogP contribution >= 0.6 is 0 Å². The Morgan fingerprint density at radius 3 is 2.43 bits per heavy atom. The highest BCUT2D eigenvalue weighted by atomic mass is 16.2. The van der Waals surface area contributed by atoms with Gasteiger partial charge in [-0.05, 0) is 26.7 Å². The van der Waals surface area contributed by atoms with Gasteiger partial charge in [0, 0.05) is 19.9 Å². The van der Waals surface area contributed by atoms with Crippen LogP contribution in [-0.4, -0.2) is 52.7 Å². The van der Waals surface area contributed by atoms with Crippen LogP contribution in [0.2, 0.25) is 0 Å². The minimum Gasteiger partial charge on any atom is -0.300 e. The van der Waals surface area contributed by atoms with E-state index in [9.17, 15) is 19.2 Å². The number of carbonyl (C=O) groups is 4. The molecule has 0 unspecified atom stereocenters. The number of amides is 3. The van der Waals surface area contributed by atoms with Crippen LogP contribution < -0.4 is 10.9 Å². The van der Waals surface area contributed by atoms with Gasteiger partial charge in [0.25, 0.3) is 0 Å². The number of Topliss-reactive ketones (excluding diaryl/α,β-unsaturated/α-hetero) is 2. The quantitative estimate of drug-likeness (QED) is 0.712. The average Bonchev–Trinajstić information content (AvgIpc) is 2.42. The molecule has 8 nitrogen and oxygen atoms in total. The van der Waals surface area contributed by atoms with Crippen molar-refractivity contribution >= 4 is 23.5 Å². The van der Waals surface area contributed by atoms with E-state index in [1.807, 2.05) is 0 Å². The number of nitrogens with zero attached hydrogens (tertiary/aromatic N) is 2. The molecule has 1 rings (SSSR count). The van der Waals surface area contributed by atoms with E-state index < -0.39 is 18.0 Å². The van der Waals surface area contributed by atoms with Gasteiger partial charge in [-0.1, -0.05) is 0 Å². The summed E-state index contributed by atoms with van der Waals surface area (Å²) in [5.41, 5.74) is 5.27. The number of ketones is 2. The van der Waals surface area contributed by atoms with Gasteiger partial charge in [-0.3, -0.25) is 19.8 Å². The fourth-order valence-electron chi connectivity index (χ4n) is 2.11. The van der Waals surface area contributed by atoms with Crippen molar-refractivity contribution in [2.75, 3.05) is 13.1 Å². The third-order valence-electron chi connectivity index (χ3n) is 3.13. The number of hydrogen-bond acceptors (Lipinski definition) is 5. The van der Waals surface area contributed by atoms with Crippen molar-refractivity contribution < 1.29 is 19.2 Å². The molecule has 1 atom stereocenters. The largest absolute Gasteiger partial charge is 0.353 e. The highest BCUT2D eigenvalue weighted by Crippen LogP contribution is 2.13. The van der Waals surface area contributed by atoms with E-state index in [0.29, 0.717) is 13.0 Å². The van der Waals surface area contributed by atoms with Crippen molar-refractivity contribution in [1.82, 2.24) is 20.9 Å². The van der Waals surface area contributed by atoms with E-state index in [2.05, 4.69) is 10.9 Å². The van der Waals surface area contributed by atoms with Crippen molar-refractivity contribution in [2.45, 2.75) is 46.1 Å². The van der Waals surface area contributed by atoms with Gasteiger partial charge in [0.15, 0.2) is 5.78 Å². The van der Waals surface area contributed by atoms with Crippen LogP contribution in [0.1, 0.15) is 40.0 Å². The molecule has 0 aliphatic carbocycles. The summed E-state index contributed by atoms with van der Waals surface area (Å²) >= 11 is 0. The van der Waals surface area contributed by atoms with Gasteiger partial charge < -0.3 is 0 Å². The van der Waals surface area contributed by atoms with Gasteiger partial charge in [-0.25, -0.2) is 20.2 Å². The summed E-state index contributed by atoms with van der Waals surface area (Å²) in [6.45, 7) is 4.76. The number of hydrazine groups is 2. The van der Waals surface area contributed by atoms with Gasteiger partial charge >= 0.3 is 6.03 Å². The Labute approximate surface area is 123 Å². The third-order valence-corrected chi connectivity index (χ3v) is 3.13. The molecule has 1 fully saturated rings. The van der Waals surface area contributed by atoms with Gasteiger partial charge in [0.05, 0.1) is 6.54 Å². The summed E-state index contributed by atoms with van der Waals surface area (Å²) in [5.74, 6) is -0.624. The number of carbonyl (C=O) groups excluding carboxylic acids is 4. The smallest absolute Gasteiger partial charge is 0.300 e. The maximum Gasteiger partial charge on any atom is 0.353 e. The van der Waals surface area contributed by atoms with E-state index in [1.165, 1.54) is 25.8 Å². The molecule has 8 heteroatoms. The maximum absolute atomic E-state index is 12.5. The minimum absolute atomic E-state index is 0.0660. The highest BCUT2D eigenvalue weighted by Gasteiger charge is 2.33. The molecule has 1 saturated heterocycles. The lowest BCUT2D eigenvalue weighted by atomic mass is 10.1. The summed E-state index contributed by atoms with van der Waals surface area (Å²) in [7, 11) is 0. The SMILES string of the molecule is CC(=O)CCN(NC(C)=O)C(=O)N1NCCC[C@H]1C(C)=O. The molecule has 1 aliphatic rings. The normalized spacial score (nSPS) is 18.0. The van der Waals surface area contributed by atoms with Crippen LogP contribution in [0, 0.1) is 0 Å². The van der Waals surface area contributed by atoms with Crippen LogP contribution in [0.4, 0.5) is 4.79 Å². The summed E-state index contributed by atoms with van der Waals surface area (Å²) in [4.78, 5) is 46.4. The molecule has 3 amide bonds. The Kier molecular flexibility index (Phi) is 6.29. The third kappa shape index (κ3) is 5.14. The van der Waals surface area contributed by atoms with E-state index >= 15 is 0 Å². The molecule has 0 aromatic carbocycles. The molecule has 0 aromatic rings. The van der Waals surface area contributed by atoms with Crippen molar-refractivity contribution in [3.05, 3.63) is 0 Å². The Hall–Kier alpha value is -1.96. The molecule has 1 heterocycles. The zero-order valence-electron chi connectivity index (χ0n) is 12.6. The number of hydrogen-bond donors (Lipinski definition) is 2. The standard InChI is InChI=1S/C13H22N4O4/c1-9(18)6-8-16(15-11(3)20)13(21)17-12(10(2)19)5-4-7-14-17/h12,14H,4-8H2,1-3H3,(H,15,20)/t12-/m0/s1. The summed E-state index contributed by atoms with van der Waals surface area (Å²) < 4.78 is 0. The second-order valence-corrected chi connectivity index (χ2v) is 5.10. The molecule has 0 saturated carbocycles. The molecular formula is C13H22N4O4. The molecule has 118 valence electrons. The molecule has 0 bridgehead atoms. The molecule has 2 N–H and O–H groups in total. The molecule has 1 aliphatic heterocycles. The van der Waals surface area contributed by atoms with Crippen LogP contribution in [-0.2, 0) is 14.4 Å². The predicted octanol–water partition coefficient (Wildman–Crippen LogP) is -0.00340. The summed E-state index contributed by atoms with van der Waals surface area (Å²) in [5, 5.41) is 2.31. The number of rotatable bonds is 4. The number of urea groups is 1. The summed E-state index contributed by atoms with van der Waals surface area (Å²) in [6, 6.07) is -1.09. The maximum atomic E-state index is 12.5. The van der Waals surface area contributed by atoms with Crippen molar-refractivity contribution in [3.63, 3.8) is 0 Å². The Balaban J connectivity index is 2.83. The minimum atomic E-state index is -0.556. The molecule has 21 heavy (non-hydrogen) atoms. The van der Waals surface area contributed by atoms with Crippen LogP contribution in [0.15, 0.2) is 0 Å². The van der Waals surface area contributed by atoms with Crippen molar-refractivity contribution in [3.8, 4) is 0 Å². The van der Waals surface area contributed by atoms with Gasteiger partial charge in [-0.15, -0.1) is 0 Å². The van der Waals surface area contributed by atoms with Crippen molar-refractivity contribution in [1.29, 1.82) is 0 Å². The van der Waals surface area contributed by atoms with Crippen LogP contribution in [0.3, 0.4) is 0 Å². The van der Waals surface area contributed by atoms with E-state index in [4.69, 9.17) is 0 Å². The fraction of sp³-hybridized carbons (Fsp3) is 0.692. The monoisotopic (exact) mass is 298 g/mol. The zero-order chi connectivity index (χ0) is 16.0. The zero-order valence-corrected chi connectivity index (χ0v) is 12.6. The first-order valence-electron chi connectivity index (χ1n) is 6.94. The first-order chi connectivity index (χ1) is 9.82. The number of nitrogens with one attached hydrogen (secondary N) is 2. The first-order valence-corrected chi connectivity index (χ1v) is 6.94. The predicted molar refractivity (Wildman–Crippen MR) is 74.8 cm³/mol. The summed E-state index contributed by atoms with van der Waals surface area (Å²) in [6.07, 6.45) is 1.50. The molecular weight excluding hydrogens is 276 g/mol. The highest BCUT2D eigenvalue weighted by molar-refractivity contribution is 5.88. The first kappa shape index (κ1) is 17.1. The van der Waals surface area contributed by atoms with E-state index in [0.717, 1.165) is 11.4 Å². The van der Waals surface area contributed by atoms with Crippen LogP contribution in [0.25, 0.3) is 0 Å². The lowest BCUT2D eigenvalue weighted by Gasteiger charge is -2.37. The lowest BCUT2D eigenvalue weighted by molar-refractivity contribution is -0.125. The van der Waals surface area contributed by atoms with Gasteiger partial charge in [0.2, 0.25) is 5.91 Å². The average molecular weight is 298 g/mol. The van der Waals surface area contributed by atoms with Crippen LogP contribution in [0.5, 0.6) is 0 Å². The Morgan fingerprint density at radius 2 is 1.90 bits per heavy atom. The topological polar surface area (TPSA) is 98.8 Å². The Morgan fingerprint density at radius 1 is 1.24 bits per heavy atom. The fourth-order valence-corrected chi connectivity index (χ4v) is 2.11. The van der Waals surface area contributed by atoms with Crippen molar-refractivity contribution in [2.24, 2.45) is 0 Å². The lowest BCUT2D eigenvalue weighted by Crippen LogP contribution is -2.62.